The molecule has 1 aliphatic heterocycles. The zero-order chi connectivity index (χ0) is 13.2. The van der Waals surface area contributed by atoms with Crippen LogP contribution in [0.2, 0.25) is 0 Å². The summed E-state index contributed by atoms with van der Waals surface area (Å²) in [7, 11) is 0. The monoisotopic (exact) mass is 274 g/mol. The summed E-state index contributed by atoms with van der Waals surface area (Å²) in [5.74, 6) is 0.718. The first-order valence-corrected chi connectivity index (χ1v) is 7.38. The van der Waals surface area contributed by atoms with Crippen molar-refractivity contribution in [3.63, 3.8) is 0 Å². The van der Waals surface area contributed by atoms with Gasteiger partial charge in [-0.2, -0.15) is 0 Å². The number of thiazole rings is 1. The lowest BCUT2D eigenvalue weighted by molar-refractivity contribution is 0.247. The van der Waals surface area contributed by atoms with Crippen molar-refractivity contribution in [3.8, 4) is 0 Å². The topological polar surface area (TPSA) is 55.0 Å². The Morgan fingerprint density at radius 1 is 1.47 bits per heavy atom. The molecule has 0 spiro atoms. The van der Waals surface area contributed by atoms with Crippen LogP contribution >= 0.6 is 11.3 Å². The molecular weight excluding hydrogens is 256 g/mol. The number of anilines is 1. The normalized spacial score (nSPS) is 23.8. The van der Waals surface area contributed by atoms with Crippen LogP contribution in [-0.2, 0) is 6.54 Å². The molecular formula is C14H18N4S. The fourth-order valence-corrected chi connectivity index (χ4v) is 3.53. The Morgan fingerprint density at radius 3 is 3.05 bits per heavy atom. The highest BCUT2D eigenvalue weighted by Gasteiger charge is 2.31. The van der Waals surface area contributed by atoms with Crippen molar-refractivity contribution in [2.75, 3.05) is 12.3 Å². The number of nitrogens with zero attached hydrogens (tertiary/aromatic N) is 3. The van der Waals surface area contributed by atoms with Gasteiger partial charge in [-0.05, 0) is 24.0 Å². The van der Waals surface area contributed by atoms with E-state index in [2.05, 4.69) is 27.9 Å². The van der Waals surface area contributed by atoms with E-state index in [0.29, 0.717) is 11.2 Å². The first-order chi connectivity index (χ1) is 9.22. The summed E-state index contributed by atoms with van der Waals surface area (Å²) in [6.45, 7) is 4.36. The highest BCUT2D eigenvalue weighted by atomic mass is 32.1. The van der Waals surface area contributed by atoms with Gasteiger partial charge < -0.3 is 5.73 Å². The van der Waals surface area contributed by atoms with Crippen LogP contribution < -0.4 is 5.73 Å². The molecule has 1 fully saturated rings. The SMILES string of the molecule is CC1CC(c2cccnc2)N(Cc2cnc(N)s2)C1. The quantitative estimate of drug-likeness (QED) is 0.935. The van der Waals surface area contributed by atoms with Gasteiger partial charge in [-0.15, -0.1) is 11.3 Å². The zero-order valence-corrected chi connectivity index (χ0v) is 11.8. The molecule has 2 unspecified atom stereocenters. The molecule has 3 heterocycles. The highest BCUT2D eigenvalue weighted by Crippen LogP contribution is 2.36. The third-order valence-corrected chi connectivity index (χ3v) is 4.42. The van der Waals surface area contributed by atoms with Crippen LogP contribution in [0, 0.1) is 5.92 Å². The summed E-state index contributed by atoms with van der Waals surface area (Å²) in [6.07, 6.45) is 6.90. The van der Waals surface area contributed by atoms with Crippen molar-refractivity contribution < 1.29 is 0 Å². The third kappa shape index (κ3) is 2.77. The largest absolute Gasteiger partial charge is 0.375 e. The first kappa shape index (κ1) is 12.6. The highest BCUT2D eigenvalue weighted by molar-refractivity contribution is 7.15. The second-order valence-electron chi connectivity index (χ2n) is 5.24. The standard InChI is InChI=1S/C14H18N4S/c1-10-5-13(11-3-2-4-16-6-11)18(8-10)9-12-7-17-14(15)19-12/h2-4,6-7,10,13H,5,8-9H2,1H3,(H2,15,17). The molecule has 2 aromatic rings. The van der Waals surface area contributed by atoms with E-state index in [1.165, 1.54) is 16.9 Å². The van der Waals surface area contributed by atoms with E-state index < -0.39 is 0 Å². The van der Waals surface area contributed by atoms with Gasteiger partial charge in [0.05, 0.1) is 0 Å². The van der Waals surface area contributed by atoms with Crippen LogP contribution in [0.3, 0.4) is 0 Å². The van der Waals surface area contributed by atoms with E-state index in [1.54, 1.807) is 11.3 Å². The van der Waals surface area contributed by atoms with Crippen LogP contribution in [0.15, 0.2) is 30.7 Å². The lowest BCUT2D eigenvalue weighted by atomic mass is 10.0. The Labute approximate surface area is 117 Å². The van der Waals surface area contributed by atoms with Crippen LogP contribution in [0.5, 0.6) is 0 Å². The van der Waals surface area contributed by atoms with Gasteiger partial charge in [0.15, 0.2) is 5.13 Å². The predicted octanol–water partition coefficient (Wildman–Crippen LogP) is 2.70. The lowest BCUT2D eigenvalue weighted by Crippen LogP contribution is -2.22. The van der Waals surface area contributed by atoms with Crippen molar-refractivity contribution in [2.45, 2.75) is 25.9 Å². The molecule has 0 amide bonds. The van der Waals surface area contributed by atoms with Gasteiger partial charge in [-0.1, -0.05) is 13.0 Å². The maximum atomic E-state index is 5.70. The predicted molar refractivity (Wildman–Crippen MR) is 77.7 cm³/mol. The average molecular weight is 274 g/mol. The number of aromatic nitrogens is 2. The van der Waals surface area contributed by atoms with Gasteiger partial charge in [0.25, 0.3) is 0 Å². The maximum Gasteiger partial charge on any atom is 0.180 e. The number of nitrogens with two attached hydrogens (primary N) is 1. The molecule has 0 saturated carbocycles. The molecule has 100 valence electrons. The molecule has 2 atom stereocenters. The molecule has 4 nitrogen and oxygen atoms in total. The number of hydrogen-bond donors (Lipinski definition) is 1. The smallest absolute Gasteiger partial charge is 0.180 e. The number of hydrogen-bond acceptors (Lipinski definition) is 5. The van der Waals surface area contributed by atoms with E-state index in [1.807, 2.05) is 24.7 Å². The Bertz CT molecular complexity index is 539. The van der Waals surface area contributed by atoms with Gasteiger partial charge in [-0.3, -0.25) is 9.88 Å². The minimum absolute atomic E-state index is 0.465. The van der Waals surface area contributed by atoms with Crippen LogP contribution in [-0.4, -0.2) is 21.4 Å². The van der Waals surface area contributed by atoms with Crippen LogP contribution in [0.1, 0.15) is 29.8 Å². The van der Waals surface area contributed by atoms with Gasteiger partial charge in [0, 0.05) is 42.6 Å². The van der Waals surface area contributed by atoms with Crippen molar-refractivity contribution in [2.24, 2.45) is 5.92 Å². The van der Waals surface area contributed by atoms with Crippen LogP contribution in [0.25, 0.3) is 0 Å². The molecule has 5 heteroatoms. The van der Waals surface area contributed by atoms with Crippen molar-refractivity contribution >= 4 is 16.5 Å². The molecule has 1 aliphatic rings. The van der Waals surface area contributed by atoms with Gasteiger partial charge in [0.1, 0.15) is 0 Å². The van der Waals surface area contributed by atoms with Gasteiger partial charge in [0.2, 0.25) is 0 Å². The minimum atomic E-state index is 0.465. The second kappa shape index (κ2) is 5.27. The summed E-state index contributed by atoms with van der Waals surface area (Å²) in [6, 6.07) is 4.65. The van der Waals surface area contributed by atoms with E-state index >= 15 is 0 Å². The molecule has 2 N–H and O–H groups in total. The summed E-state index contributed by atoms with van der Waals surface area (Å²) >= 11 is 1.58. The fraction of sp³-hybridized carbons (Fsp3) is 0.429. The van der Waals surface area contributed by atoms with E-state index in [4.69, 9.17) is 5.73 Å². The molecule has 3 rings (SSSR count). The number of pyridine rings is 1. The van der Waals surface area contributed by atoms with Crippen molar-refractivity contribution in [3.05, 3.63) is 41.2 Å². The first-order valence-electron chi connectivity index (χ1n) is 6.56. The molecule has 0 aliphatic carbocycles. The molecule has 0 bridgehead atoms. The summed E-state index contributed by atoms with van der Waals surface area (Å²) in [5, 5.41) is 0.653. The fourth-order valence-electron chi connectivity index (χ4n) is 2.82. The van der Waals surface area contributed by atoms with Crippen molar-refractivity contribution in [1.29, 1.82) is 0 Å². The molecule has 0 radical (unpaired) electrons. The minimum Gasteiger partial charge on any atom is -0.375 e. The summed E-state index contributed by atoms with van der Waals surface area (Å²) in [4.78, 5) is 12.1. The Hall–Kier alpha value is -1.46. The van der Waals surface area contributed by atoms with E-state index in [0.717, 1.165) is 19.0 Å². The van der Waals surface area contributed by atoms with Crippen molar-refractivity contribution in [1.82, 2.24) is 14.9 Å². The summed E-state index contributed by atoms with van der Waals surface area (Å²) < 4.78 is 0. The zero-order valence-electron chi connectivity index (χ0n) is 11.0. The van der Waals surface area contributed by atoms with Gasteiger partial charge >= 0.3 is 0 Å². The van der Waals surface area contributed by atoms with Crippen LogP contribution in [0.4, 0.5) is 5.13 Å². The number of nitrogen functional groups attached to an aromatic ring is 1. The molecule has 2 aromatic heterocycles. The number of likely N-dealkylation sites (tertiary alicyclic amines) is 1. The third-order valence-electron chi connectivity index (χ3n) is 3.61. The number of rotatable bonds is 3. The Balaban J connectivity index is 1.79. The van der Waals surface area contributed by atoms with Gasteiger partial charge in [-0.25, -0.2) is 4.98 Å². The molecule has 19 heavy (non-hydrogen) atoms. The maximum absolute atomic E-state index is 5.70. The van der Waals surface area contributed by atoms with E-state index in [-0.39, 0.29) is 0 Å². The summed E-state index contributed by atoms with van der Waals surface area (Å²) in [5.41, 5.74) is 7.01. The second-order valence-corrected chi connectivity index (χ2v) is 6.38. The molecule has 0 aromatic carbocycles. The lowest BCUT2D eigenvalue weighted by Gasteiger charge is -2.23. The van der Waals surface area contributed by atoms with E-state index in [9.17, 15) is 0 Å². The molecule has 1 saturated heterocycles. The average Bonchev–Trinajstić information content (AvgIpc) is 2.97. The Morgan fingerprint density at radius 2 is 2.37 bits per heavy atom. The Kier molecular flexibility index (Phi) is 3.48.